The first-order chi connectivity index (χ1) is 17.9. The lowest BCUT2D eigenvalue weighted by Gasteiger charge is -2.10. The molecule has 8 nitrogen and oxygen atoms in total. The van der Waals surface area contributed by atoms with Crippen molar-refractivity contribution in [3.63, 3.8) is 0 Å². The van der Waals surface area contributed by atoms with E-state index in [2.05, 4.69) is 26.1 Å². The molecule has 1 N–H and O–H groups in total. The first-order valence-corrected chi connectivity index (χ1v) is 12.3. The van der Waals surface area contributed by atoms with Gasteiger partial charge in [0.05, 0.1) is 18.7 Å². The zero-order chi connectivity index (χ0) is 26.4. The third-order valence-electron chi connectivity index (χ3n) is 5.01. The van der Waals surface area contributed by atoms with Gasteiger partial charge in [0.2, 0.25) is 5.89 Å². The highest BCUT2D eigenvalue weighted by Crippen LogP contribution is 2.34. The van der Waals surface area contributed by atoms with Gasteiger partial charge in [-0.25, -0.2) is 9.18 Å². The molecule has 0 spiro atoms. The molecule has 0 aliphatic carbocycles. The SMILES string of the molecule is COc1cc(OC)cc(-c2nnc(S/C(=C\c3ccc(OCc4ccccc4F)c(Br)c3)C(=O)O)o2)c1. The smallest absolute Gasteiger partial charge is 0.342 e. The monoisotopic (exact) mass is 586 g/mol. The van der Waals surface area contributed by atoms with E-state index in [9.17, 15) is 14.3 Å². The molecule has 3 aromatic carbocycles. The normalized spacial score (nSPS) is 11.3. The van der Waals surface area contributed by atoms with E-state index in [-0.39, 0.29) is 28.4 Å². The van der Waals surface area contributed by atoms with E-state index in [0.29, 0.717) is 38.4 Å². The molecular formula is C26H20BrFN2O6S. The van der Waals surface area contributed by atoms with Gasteiger partial charge in [0.25, 0.3) is 5.22 Å². The largest absolute Gasteiger partial charge is 0.497 e. The number of rotatable bonds is 10. The van der Waals surface area contributed by atoms with Crippen LogP contribution in [-0.4, -0.2) is 35.5 Å². The molecule has 0 bridgehead atoms. The Bertz CT molecular complexity index is 1440. The van der Waals surface area contributed by atoms with Gasteiger partial charge >= 0.3 is 5.97 Å². The van der Waals surface area contributed by atoms with Crippen LogP contribution in [0.25, 0.3) is 17.5 Å². The van der Waals surface area contributed by atoms with Gasteiger partial charge < -0.3 is 23.7 Å². The number of carboxylic acids is 1. The minimum absolute atomic E-state index is 0.0367. The Morgan fingerprint density at radius 1 is 1.08 bits per heavy atom. The van der Waals surface area contributed by atoms with Crippen LogP contribution in [0, 0.1) is 5.82 Å². The fourth-order valence-corrected chi connectivity index (χ4v) is 4.36. The number of ether oxygens (including phenoxy) is 3. The number of nitrogens with zero attached hydrogens (tertiary/aromatic N) is 2. The molecule has 1 heterocycles. The molecular weight excluding hydrogens is 567 g/mol. The molecule has 0 atom stereocenters. The van der Waals surface area contributed by atoms with E-state index in [1.165, 1.54) is 26.4 Å². The van der Waals surface area contributed by atoms with Crippen LogP contribution in [-0.2, 0) is 11.4 Å². The summed E-state index contributed by atoms with van der Waals surface area (Å²) >= 11 is 4.24. The Balaban J connectivity index is 1.50. The van der Waals surface area contributed by atoms with Crippen molar-refractivity contribution in [3.05, 3.63) is 87.0 Å². The van der Waals surface area contributed by atoms with Crippen LogP contribution in [0.15, 0.2) is 79.7 Å². The van der Waals surface area contributed by atoms with Crippen LogP contribution in [0.1, 0.15) is 11.1 Å². The van der Waals surface area contributed by atoms with Crippen molar-refractivity contribution in [2.75, 3.05) is 14.2 Å². The number of aromatic nitrogens is 2. The van der Waals surface area contributed by atoms with E-state index in [1.807, 2.05) is 0 Å². The second-order valence-electron chi connectivity index (χ2n) is 7.46. The minimum Gasteiger partial charge on any atom is -0.497 e. The van der Waals surface area contributed by atoms with Crippen LogP contribution in [0.3, 0.4) is 0 Å². The number of methoxy groups -OCH3 is 2. The van der Waals surface area contributed by atoms with Crippen LogP contribution >= 0.6 is 27.7 Å². The van der Waals surface area contributed by atoms with Crippen molar-refractivity contribution in [1.29, 1.82) is 0 Å². The maximum absolute atomic E-state index is 13.8. The fourth-order valence-electron chi connectivity index (χ4n) is 3.17. The summed E-state index contributed by atoms with van der Waals surface area (Å²) in [6.45, 7) is 0.0509. The molecule has 0 aliphatic heterocycles. The number of benzene rings is 3. The lowest BCUT2D eigenvalue weighted by molar-refractivity contribution is -0.131. The molecule has 11 heteroatoms. The predicted molar refractivity (Wildman–Crippen MR) is 139 cm³/mol. The van der Waals surface area contributed by atoms with Crippen molar-refractivity contribution in [1.82, 2.24) is 10.2 Å². The third-order valence-corrected chi connectivity index (χ3v) is 6.48. The van der Waals surface area contributed by atoms with Crippen molar-refractivity contribution in [3.8, 4) is 28.7 Å². The van der Waals surface area contributed by atoms with E-state index >= 15 is 0 Å². The molecule has 37 heavy (non-hydrogen) atoms. The van der Waals surface area contributed by atoms with Gasteiger partial charge in [-0.2, -0.15) is 0 Å². The third kappa shape index (κ3) is 6.69. The number of carbonyl (C=O) groups is 1. The molecule has 0 saturated heterocycles. The lowest BCUT2D eigenvalue weighted by atomic mass is 10.2. The van der Waals surface area contributed by atoms with Gasteiger partial charge in [0.15, 0.2) is 0 Å². The van der Waals surface area contributed by atoms with Gasteiger partial charge in [-0.05, 0) is 69.7 Å². The molecule has 0 unspecified atom stereocenters. The summed E-state index contributed by atoms with van der Waals surface area (Å²) in [6, 6.07) is 16.5. The summed E-state index contributed by atoms with van der Waals surface area (Å²) in [6.07, 6.45) is 1.47. The summed E-state index contributed by atoms with van der Waals surface area (Å²) in [5, 5.41) is 17.8. The van der Waals surface area contributed by atoms with Gasteiger partial charge in [-0.1, -0.05) is 24.3 Å². The number of halogens is 2. The number of thioether (sulfide) groups is 1. The maximum atomic E-state index is 13.8. The number of carboxylic acid groups (broad SMARTS) is 1. The van der Waals surface area contributed by atoms with E-state index in [4.69, 9.17) is 18.6 Å². The van der Waals surface area contributed by atoms with Crippen molar-refractivity contribution in [2.24, 2.45) is 0 Å². The lowest BCUT2D eigenvalue weighted by Crippen LogP contribution is -1.99. The van der Waals surface area contributed by atoms with Crippen molar-refractivity contribution < 1.29 is 32.9 Å². The Morgan fingerprint density at radius 3 is 2.46 bits per heavy atom. The van der Waals surface area contributed by atoms with Gasteiger partial charge in [-0.15, -0.1) is 10.2 Å². The van der Waals surface area contributed by atoms with Gasteiger partial charge in [0, 0.05) is 17.2 Å². The van der Waals surface area contributed by atoms with Gasteiger partial charge in [-0.3, -0.25) is 0 Å². The molecule has 0 radical (unpaired) electrons. The molecule has 0 fully saturated rings. The average Bonchev–Trinajstić information content (AvgIpc) is 3.37. The first kappa shape index (κ1) is 26.2. The zero-order valence-corrected chi connectivity index (χ0v) is 22.0. The molecule has 4 aromatic rings. The van der Waals surface area contributed by atoms with E-state index in [0.717, 1.165) is 11.8 Å². The molecule has 0 saturated carbocycles. The van der Waals surface area contributed by atoms with Crippen LogP contribution in [0.5, 0.6) is 17.2 Å². The second-order valence-corrected chi connectivity index (χ2v) is 9.31. The van der Waals surface area contributed by atoms with Crippen LogP contribution < -0.4 is 14.2 Å². The van der Waals surface area contributed by atoms with E-state index in [1.54, 1.807) is 54.6 Å². The minimum atomic E-state index is -1.16. The average molecular weight is 587 g/mol. The molecule has 4 rings (SSSR count). The van der Waals surface area contributed by atoms with Crippen molar-refractivity contribution >= 4 is 39.7 Å². The van der Waals surface area contributed by atoms with Crippen LogP contribution in [0.2, 0.25) is 0 Å². The number of hydrogen-bond acceptors (Lipinski definition) is 8. The number of aliphatic carboxylic acids is 1. The summed E-state index contributed by atoms with van der Waals surface area (Å²) in [5.41, 5.74) is 1.58. The molecule has 0 aliphatic rings. The number of hydrogen-bond donors (Lipinski definition) is 1. The Kier molecular flexibility index (Phi) is 8.47. The summed E-state index contributed by atoms with van der Waals surface area (Å²) < 4.78 is 36.3. The Hall–Kier alpha value is -3.83. The Labute approximate surface area is 224 Å². The predicted octanol–water partition coefficient (Wildman–Crippen LogP) is 6.45. The summed E-state index contributed by atoms with van der Waals surface area (Å²) in [7, 11) is 3.05. The van der Waals surface area contributed by atoms with Crippen molar-refractivity contribution in [2.45, 2.75) is 11.8 Å². The molecule has 0 amide bonds. The topological polar surface area (TPSA) is 104 Å². The summed E-state index contributed by atoms with van der Waals surface area (Å²) in [5.74, 6) is 0.239. The fraction of sp³-hybridized carbons (Fsp3) is 0.115. The highest BCUT2D eigenvalue weighted by atomic mass is 79.9. The summed E-state index contributed by atoms with van der Waals surface area (Å²) in [4.78, 5) is 11.9. The van der Waals surface area contributed by atoms with E-state index < -0.39 is 5.97 Å². The molecule has 1 aromatic heterocycles. The van der Waals surface area contributed by atoms with Crippen LogP contribution in [0.4, 0.5) is 4.39 Å². The highest BCUT2D eigenvalue weighted by Gasteiger charge is 2.17. The first-order valence-electron chi connectivity index (χ1n) is 10.7. The zero-order valence-electron chi connectivity index (χ0n) is 19.6. The quantitative estimate of drug-likeness (QED) is 0.166. The Morgan fingerprint density at radius 2 is 1.81 bits per heavy atom. The molecule has 190 valence electrons. The highest BCUT2D eigenvalue weighted by molar-refractivity contribution is 9.10. The standard InChI is InChI=1S/C26H20BrFN2O6S/c1-33-18-11-17(12-19(13-18)34-2)24-29-30-26(36-24)37-23(25(31)32)10-15-7-8-22(20(27)9-15)35-14-16-5-3-4-6-21(16)28/h3-13H,14H2,1-2H3,(H,31,32)/b23-10-. The maximum Gasteiger partial charge on any atom is 0.342 e. The second kappa shape index (κ2) is 11.9. The van der Waals surface area contributed by atoms with Gasteiger partial charge in [0.1, 0.15) is 34.6 Å².